The van der Waals surface area contributed by atoms with E-state index in [2.05, 4.69) is 0 Å². The van der Waals surface area contributed by atoms with E-state index in [0.29, 0.717) is 12.1 Å². The molecule has 0 saturated carbocycles. The fourth-order valence-corrected chi connectivity index (χ4v) is 7.10. The molecule has 0 aliphatic carbocycles. The number of hydrogen-bond acceptors (Lipinski definition) is 5. The quantitative estimate of drug-likeness (QED) is 0.422. The van der Waals surface area contributed by atoms with E-state index in [1.807, 2.05) is 31.2 Å². The van der Waals surface area contributed by atoms with Crippen LogP contribution in [0.5, 0.6) is 0 Å². The smallest absolute Gasteiger partial charge is 0.294 e. The summed E-state index contributed by atoms with van der Waals surface area (Å²) in [4.78, 5) is 56.9. The molecule has 6 rings (SSSR count). The van der Waals surface area contributed by atoms with Gasteiger partial charge in [-0.05, 0) is 26.0 Å². The summed E-state index contributed by atoms with van der Waals surface area (Å²) in [6, 6.07) is 11.9. The molecule has 1 N–H and O–H groups in total. The Morgan fingerprint density at radius 2 is 1.91 bits per heavy atom. The number of quaternary nitrogens is 1. The van der Waals surface area contributed by atoms with Gasteiger partial charge < -0.3 is 9.80 Å². The fourth-order valence-electron chi connectivity index (χ4n) is 7.10. The van der Waals surface area contributed by atoms with Crippen LogP contribution in [0.15, 0.2) is 42.5 Å². The molecule has 2 aromatic carbocycles. The Hall–Kier alpha value is -3.59. The number of nitrogens with zero attached hydrogens (tertiary/aromatic N) is 3. The minimum atomic E-state index is -1.14. The van der Waals surface area contributed by atoms with Gasteiger partial charge in [0, 0.05) is 36.6 Å². The van der Waals surface area contributed by atoms with Crippen LogP contribution >= 0.6 is 0 Å². The fraction of sp³-hybridized carbons (Fsp3) is 0.400. The number of likely N-dealkylation sites (N-methyl/N-ethyl adjacent to an activating group) is 1. The summed E-state index contributed by atoms with van der Waals surface area (Å²) < 4.78 is 0. The molecule has 4 aliphatic heterocycles. The Balaban J connectivity index is 1.54. The summed E-state index contributed by atoms with van der Waals surface area (Å²) in [6.45, 7) is 4.73. The highest BCUT2D eigenvalue weighted by Gasteiger charge is 2.79. The number of carbonyl (C=O) groups excluding carboxylic acids is 3. The van der Waals surface area contributed by atoms with Gasteiger partial charge >= 0.3 is 0 Å². The van der Waals surface area contributed by atoms with Crippen LogP contribution in [-0.2, 0) is 19.9 Å². The number of nitrogens with one attached hydrogen (secondary N) is 1. The van der Waals surface area contributed by atoms with Crippen LogP contribution in [0.4, 0.5) is 17.1 Å². The number of imide groups is 1. The molecule has 0 radical (unpaired) electrons. The van der Waals surface area contributed by atoms with Gasteiger partial charge in [0.2, 0.25) is 17.4 Å². The van der Waals surface area contributed by atoms with Crippen LogP contribution < -0.4 is 14.7 Å². The predicted octanol–water partition coefficient (Wildman–Crippen LogP) is 1.33. The second-order valence-electron chi connectivity index (χ2n) is 9.64. The maximum atomic E-state index is 14.1. The van der Waals surface area contributed by atoms with E-state index >= 15 is 0 Å². The van der Waals surface area contributed by atoms with Crippen molar-refractivity contribution >= 4 is 34.8 Å². The first-order valence-electron chi connectivity index (χ1n) is 11.7. The molecule has 2 aromatic rings. The topological polar surface area (TPSA) is 105 Å². The third-order valence-electron chi connectivity index (χ3n) is 8.33. The second kappa shape index (κ2) is 6.96. The van der Waals surface area contributed by atoms with Gasteiger partial charge in [0.1, 0.15) is 17.9 Å². The zero-order valence-corrected chi connectivity index (χ0v) is 19.0. The highest BCUT2D eigenvalue weighted by Crippen LogP contribution is 2.53. The number of fused-ring (bicyclic) bond motifs is 7. The van der Waals surface area contributed by atoms with Crippen molar-refractivity contribution in [2.45, 2.75) is 38.3 Å². The first kappa shape index (κ1) is 21.0. The van der Waals surface area contributed by atoms with Crippen molar-refractivity contribution in [2.75, 3.05) is 22.9 Å². The summed E-state index contributed by atoms with van der Waals surface area (Å²) >= 11 is 0. The maximum Gasteiger partial charge on any atom is 0.294 e. The van der Waals surface area contributed by atoms with Gasteiger partial charge in [0.05, 0.1) is 22.8 Å². The van der Waals surface area contributed by atoms with Crippen molar-refractivity contribution in [3.05, 3.63) is 63.7 Å². The number of nitro groups is 1. The Morgan fingerprint density at radius 3 is 2.65 bits per heavy atom. The molecule has 3 saturated heterocycles. The first-order valence-corrected chi connectivity index (χ1v) is 11.7. The standard InChI is InChI=1S/C25H24N4O5/c1-3-26-17-8-5-4-7-16(17)25(24(26)32)21-20(18-9-6-12-27(18)25)22(30)28(23(21)31)15-11-10-14(2)19(13-15)29(33)34/h4-5,7-8,10-11,13,18,20-21H,3,6,9,12H2,1-2H3/p+1/t18-,20+,21-,25-/m0/s1. The highest BCUT2D eigenvalue weighted by molar-refractivity contribution is 6.25. The van der Waals surface area contributed by atoms with Crippen LogP contribution in [0.2, 0.25) is 0 Å². The monoisotopic (exact) mass is 461 g/mol. The molecule has 3 amide bonds. The minimum Gasteiger partial charge on any atom is -0.315 e. The van der Waals surface area contributed by atoms with Gasteiger partial charge in [0.15, 0.2) is 0 Å². The predicted molar refractivity (Wildman–Crippen MR) is 122 cm³/mol. The number of hydrogen-bond donors (Lipinski definition) is 1. The summed E-state index contributed by atoms with van der Waals surface area (Å²) in [5, 5.41) is 11.5. The molecule has 3 fully saturated rings. The normalized spacial score (nSPS) is 31.4. The molecule has 1 spiro atoms. The molecular weight excluding hydrogens is 436 g/mol. The van der Waals surface area contributed by atoms with E-state index in [1.54, 1.807) is 24.0 Å². The molecule has 34 heavy (non-hydrogen) atoms. The third-order valence-corrected chi connectivity index (χ3v) is 8.33. The van der Waals surface area contributed by atoms with Crippen LogP contribution in [0.1, 0.15) is 30.9 Å². The lowest BCUT2D eigenvalue weighted by atomic mass is 9.75. The molecule has 1 unspecified atom stereocenters. The van der Waals surface area contributed by atoms with Crippen molar-refractivity contribution in [1.82, 2.24) is 0 Å². The lowest BCUT2D eigenvalue weighted by Gasteiger charge is -2.34. The molecule has 4 heterocycles. The Labute approximate surface area is 196 Å². The average molecular weight is 461 g/mol. The number of carbonyl (C=O) groups is 3. The Kier molecular flexibility index (Phi) is 4.29. The van der Waals surface area contributed by atoms with E-state index < -0.39 is 28.2 Å². The minimum absolute atomic E-state index is 0.122. The highest BCUT2D eigenvalue weighted by atomic mass is 16.6. The van der Waals surface area contributed by atoms with Gasteiger partial charge in [-0.2, -0.15) is 0 Å². The number of aryl methyl sites for hydroxylation is 1. The van der Waals surface area contributed by atoms with Crippen LogP contribution in [-0.4, -0.2) is 41.8 Å². The Bertz CT molecular complexity index is 1290. The average Bonchev–Trinajstić information content (AvgIpc) is 3.52. The van der Waals surface area contributed by atoms with Crippen LogP contribution in [0.3, 0.4) is 0 Å². The molecule has 5 atom stereocenters. The van der Waals surface area contributed by atoms with Crippen LogP contribution in [0.25, 0.3) is 0 Å². The molecular formula is C25H25N4O5+. The number of amides is 3. The molecule has 4 aliphatic rings. The lowest BCUT2D eigenvalue weighted by molar-refractivity contribution is -0.948. The third kappa shape index (κ3) is 2.30. The first-order chi connectivity index (χ1) is 16.3. The summed E-state index contributed by atoms with van der Waals surface area (Å²) in [5.41, 5.74) is 0.984. The van der Waals surface area contributed by atoms with Gasteiger partial charge in [-0.15, -0.1) is 0 Å². The number of para-hydroxylation sites is 1. The van der Waals surface area contributed by atoms with Gasteiger partial charge in [-0.25, -0.2) is 4.90 Å². The molecule has 9 nitrogen and oxygen atoms in total. The van der Waals surface area contributed by atoms with Gasteiger partial charge in [0.25, 0.3) is 11.6 Å². The van der Waals surface area contributed by atoms with E-state index in [4.69, 9.17) is 0 Å². The largest absolute Gasteiger partial charge is 0.315 e. The van der Waals surface area contributed by atoms with E-state index in [0.717, 1.165) is 40.4 Å². The van der Waals surface area contributed by atoms with Crippen LogP contribution in [0, 0.1) is 28.9 Å². The summed E-state index contributed by atoms with van der Waals surface area (Å²) in [6.07, 6.45) is 1.64. The van der Waals surface area contributed by atoms with Gasteiger partial charge in [-0.1, -0.05) is 24.3 Å². The van der Waals surface area contributed by atoms with Gasteiger partial charge in [-0.3, -0.25) is 24.5 Å². The van der Waals surface area contributed by atoms with Crippen molar-refractivity contribution in [3.8, 4) is 0 Å². The van der Waals surface area contributed by atoms with Crippen molar-refractivity contribution in [3.63, 3.8) is 0 Å². The number of benzene rings is 2. The second-order valence-corrected chi connectivity index (χ2v) is 9.64. The van der Waals surface area contributed by atoms with Crippen molar-refractivity contribution in [1.29, 1.82) is 0 Å². The maximum absolute atomic E-state index is 14.1. The summed E-state index contributed by atoms with van der Waals surface area (Å²) in [7, 11) is 0. The van der Waals surface area contributed by atoms with E-state index in [-0.39, 0.29) is 29.2 Å². The zero-order chi connectivity index (χ0) is 23.9. The molecule has 0 aromatic heterocycles. The van der Waals surface area contributed by atoms with E-state index in [9.17, 15) is 24.5 Å². The molecule has 174 valence electrons. The zero-order valence-electron chi connectivity index (χ0n) is 19.0. The molecule has 9 heteroatoms. The Morgan fingerprint density at radius 1 is 1.15 bits per heavy atom. The SMILES string of the molecule is CCN1C(=O)[C@]2(c3ccccc31)[C@@H]1C(=O)N(c3ccc(C)c([N+](=O)[O-])c3)C(=O)[C@@H]1[C@@H]1CCC[NH+]12. The van der Waals surface area contributed by atoms with Crippen molar-refractivity contribution < 1.29 is 24.2 Å². The lowest BCUT2D eigenvalue weighted by Crippen LogP contribution is -3.20. The number of rotatable bonds is 3. The number of anilines is 2. The van der Waals surface area contributed by atoms with E-state index in [1.165, 1.54) is 6.07 Å². The summed E-state index contributed by atoms with van der Waals surface area (Å²) in [5.74, 6) is -2.36. The van der Waals surface area contributed by atoms with Crippen molar-refractivity contribution in [2.24, 2.45) is 11.8 Å². The molecule has 0 bridgehead atoms. The number of nitro benzene ring substituents is 1.